The molecular weight excluding hydrogens is 116 g/mol. The van der Waals surface area contributed by atoms with Gasteiger partial charge < -0.3 is 9.84 Å². The molecule has 1 rings (SSSR count). The van der Waals surface area contributed by atoms with E-state index in [-0.39, 0.29) is 11.7 Å². The van der Waals surface area contributed by atoms with E-state index in [0.717, 1.165) is 19.4 Å². The molecule has 9 heavy (non-hydrogen) atoms. The van der Waals surface area contributed by atoms with E-state index in [9.17, 15) is 5.11 Å². The topological polar surface area (TPSA) is 29.5 Å². The Kier molecular flexibility index (Phi) is 1.78. The average molecular weight is 130 g/mol. The van der Waals surface area contributed by atoms with Crippen molar-refractivity contribution in [1.29, 1.82) is 0 Å². The van der Waals surface area contributed by atoms with Gasteiger partial charge in [0.05, 0.1) is 11.7 Å². The minimum absolute atomic E-state index is 0.250. The van der Waals surface area contributed by atoms with E-state index < -0.39 is 0 Å². The van der Waals surface area contributed by atoms with Gasteiger partial charge in [0.25, 0.3) is 0 Å². The molecule has 2 atom stereocenters. The summed E-state index contributed by atoms with van der Waals surface area (Å²) in [5.74, 6) is 0. The fourth-order valence-electron chi connectivity index (χ4n) is 1.13. The van der Waals surface area contributed by atoms with Crippen molar-refractivity contribution >= 4 is 0 Å². The molecule has 1 aliphatic heterocycles. The van der Waals surface area contributed by atoms with Gasteiger partial charge in [-0.25, -0.2) is 0 Å². The Morgan fingerprint density at radius 1 is 1.67 bits per heavy atom. The normalized spacial score (nSPS) is 39.0. The molecule has 0 unspecified atom stereocenters. The van der Waals surface area contributed by atoms with Crippen LogP contribution in [0.3, 0.4) is 0 Å². The molecule has 0 saturated carbocycles. The van der Waals surface area contributed by atoms with Crippen molar-refractivity contribution in [2.45, 2.75) is 38.4 Å². The standard InChI is InChI=1S/C7H14O2/c1-6(8)7(2)4-3-5-9-7/h6,8H,3-5H2,1-2H3/t6-,7+/m1/s1. The molecule has 0 aromatic rings. The molecule has 1 fully saturated rings. The molecule has 2 nitrogen and oxygen atoms in total. The lowest BCUT2D eigenvalue weighted by Crippen LogP contribution is -2.36. The van der Waals surface area contributed by atoms with Crippen molar-refractivity contribution in [2.24, 2.45) is 0 Å². The number of aliphatic hydroxyl groups excluding tert-OH is 1. The maximum atomic E-state index is 9.19. The van der Waals surface area contributed by atoms with Crippen LogP contribution >= 0.6 is 0 Å². The van der Waals surface area contributed by atoms with Crippen LogP contribution in [0.5, 0.6) is 0 Å². The fourth-order valence-corrected chi connectivity index (χ4v) is 1.13. The molecule has 0 radical (unpaired) electrons. The summed E-state index contributed by atoms with van der Waals surface area (Å²) in [4.78, 5) is 0. The molecule has 0 aromatic heterocycles. The predicted octanol–water partition coefficient (Wildman–Crippen LogP) is 0.936. The van der Waals surface area contributed by atoms with Gasteiger partial charge in [-0.15, -0.1) is 0 Å². The second-order valence-electron chi connectivity index (χ2n) is 2.94. The Hall–Kier alpha value is -0.0800. The van der Waals surface area contributed by atoms with Crippen molar-refractivity contribution in [3.8, 4) is 0 Å². The van der Waals surface area contributed by atoms with Gasteiger partial charge >= 0.3 is 0 Å². The lowest BCUT2D eigenvalue weighted by atomic mass is 9.97. The lowest BCUT2D eigenvalue weighted by Gasteiger charge is -2.25. The largest absolute Gasteiger partial charge is 0.390 e. The quantitative estimate of drug-likeness (QED) is 0.572. The minimum atomic E-state index is -0.333. The van der Waals surface area contributed by atoms with Gasteiger partial charge in [-0.3, -0.25) is 0 Å². The number of ether oxygens (including phenoxy) is 1. The molecule has 1 saturated heterocycles. The molecule has 2 heteroatoms. The highest BCUT2D eigenvalue weighted by atomic mass is 16.5. The van der Waals surface area contributed by atoms with Crippen molar-refractivity contribution in [3.63, 3.8) is 0 Å². The van der Waals surface area contributed by atoms with Crippen LogP contribution in [0.25, 0.3) is 0 Å². The molecular formula is C7H14O2. The van der Waals surface area contributed by atoms with Crippen LogP contribution in [0.4, 0.5) is 0 Å². The molecule has 0 amide bonds. The molecule has 1 aliphatic rings. The van der Waals surface area contributed by atoms with Crippen LogP contribution in [0.1, 0.15) is 26.7 Å². The highest BCUT2D eigenvalue weighted by molar-refractivity contribution is 4.84. The summed E-state index contributed by atoms with van der Waals surface area (Å²) in [6.45, 7) is 4.55. The van der Waals surface area contributed by atoms with Crippen LogP contribution in [0.2, 0.25) is 0 Å². The lowest BCUT2D eigenvalue weighted by molar-refractivity contribution is -0.0691. The van der Waals surface area contributed by atoms with E-state index in [0.29, 0.717) is 0 Å². The number of hydrogen-bond acceptors (Lipinski definition) is 2. The monoisotopic (exact) mass is 130 g/mol. The van der Waals surface area contributed by atoms with E-state index in [2.05, 4.69) is 0 Å². The maximum absolute atomic E-state index is 9.19. The van der Waals surface area contributed by atoms with Crippen LogP contribution in [-0.4, -0.2) is 23.4 Å². The summed E-state index contributed by atoms with van der Waals surface area (Å²) >= 11 is 0. The molecule has 0 spiro atoms. The Morgan fingerprint density at radius 2 is 2.33 bits per heavy atom. The van der Waals surface area contributed by atoms with E-state index in [4.69, 9.17) is 4.74 Å². The summed E-state index contributed by atoms with van der Waals surface area (Å²) in [7, 11) is 0. The highest BCUT2D eigenvalue weighted by Gasteiger charge is 2.34. The van der Waals surface area contributed by atoms with Crippen LogP contribution in [0, 0.1) is 0 Å². The van der Waals surface area contributed by atoms with Gasteiger partial charge in [0.15, 0.2) is 0 Å². The zero-order chi connectivity index (χ0) is 6.91. The Balaban J connectivity index is 2.51. The maximum Gasteiger partial charge on any atom is 0.0910 e. The molecule has 0 bridgehead atoms. The first-order chi connectivity index (χ1) is 4.15. The zero-order valence-corrected chi connectivity index (χ0v) is 6.05. The fraction of sp³-hybridized carbons (Fsp3) is 1.00. The Labute approximate surface area is 55.8 Å². The second kappa shape index (κ2) is 2.27. The number of rotatable bonds is 1. The number of aliphatic hydroxyl groups is 1. The third-order valence-corrected chi connectivity index (χ3v) is 2.13. The van der Waals surface area contributed by atoms with E-state index >= 15 is 0 Å². The predicted molar refractivity (Wildman–Crippen MR) is 35.3 cm³/mol. The molecule has 54 valence electrons. The van der Waals surface area contributed by atoms with Crippen LogP contribution in [0.15, 0.2) is 0 Å². The molecule has 1 N–H and O–H groups in total. The first-order valence-electron chi connectivity index (χ1n) is 3.47. The third-order valence-electron chi connectivity index (χ3n) is 2.13. The zero-order valence-electron chi connectivity index (χ0n) is 6.05. The van der Waals surface area contributed by atoms with E-state index in [1.807, 2.05) is 6.92 Å². The van der Waals surface area contributed by atoms with Gasteiger partial charge in [-0.1, -0.05) is 0 Å². The first-order valence-corrected chi connectivity index (χ1v) is 3.47. The van der Waals surface area contributed by atoms with Gasteiger partial charge in [-0.05, 0) is 26.7 Å². The molecule has 1 heterocycles. The summed E-state index contributed by atoms with van der Waals surface area (Å²) < 4.78 is 5.35. The third kappa shape index (κ3) is 1.25. The van der Waals surface area contributed by atoms with E-state index in [1.165, 1.54) is 0 Å². The van der Waals surface area contributed by atoms with Crippen molar-refractivity contribution in [2.75, 3.05) is 6.61 Å². The van der Waals surface area contributed by atoms with Gasteiger partial charge in [0.1, 0.15) is 0 Å². The Bertz CT molecular complexity index is 93.1. The average Bonchev–Trinajstić information content (AvgIpc) is 2.16. The van der Waals surface area contributed by atoms with Crippen molar-refractivity contribution in [3.05, 3.63) is 0 Å². The Morgan fingerprint density at radius 3 is 2.56 bits per heavy atom. The number of hydrogen-bond donors (Lipinski definition) is 1. The van der Waals surface area contributed by atoms with Gasteiger partial charge in [0.2, 0.25) is 0 Å². The SMILES string of the molecule is C[C@@H](O)[C@]1(C)CCCO1. The summed E-state index contributed by atoms with van der Waals surface area (Å²) in [5, 5.41) is 9.19. The molecule has 0 aliphatic carbocycles. The minimum Gasteiger partial charge on any atom is -0.390 e. The van der Waals surface area contributed by atoms with Crippen molar-refractivity contribution < 1.29 is 9.84 Å². The summed E-state index contributed by atoms with van der Waals surface area (Å²) in [6, 6.07) is 0. The van der Waals surface area contributed by atoms with Crippen LogP contribution in [-0.2, 0) is 4.74 Å². The van der Waals surface area contributed by atoms with Gasteiger partial charge in [0, 0.05) is 6.61 Å². The van der Waals surface area contributed by atoms with E-state index in [1.54, 1.807) is 6.92 Å². The van der Waals surface area contributed by atoms with Crippen LogP contribution < -0.4 is 0 Å². The first kappa shape index (κ1) is 7.03. The smallest absolute Gasteiger partial charge is 0.0910 e. The summed E-state index contributed by atoms with van der Waals surface area (Å²) in [5.41, 5.74) is -0.250. The highest BCUT2D eigenvalue weighted by Crippen LogP contribution is 2.27. The van der Waals surface area contributed by atoms with Crippen molar-refractivity contribution in [1.82, 2.24) is 0 Å². The van der Waals surface area contributed by atoms with Gasteiger partial charge in [-0.2, -0.15) is 0 Å². The molecule has 0 aromatic carbocycles. The summed E-state index contributed by atoms with van der Waals surface area (Å²) in [6.07, 6.45) is 1.74. The second-order valence-corrected chi connectivity index (χ2v) is 2.94.